The topological polar surface area (TPSA) is 80.8 Å². The number of benzene rings is 2. The first-order valence-corrected chi connectivity index (χ1v) is 11.4. The van der Waals surface area contributed by atoms with E-state index in [-0.39, 0.29) is 18.4 Å². The van der Waals surface area contributed by atoms with E-state index in [1.165, 1.54) is 5.56 Å². The van der Waals surface area contributed by atoms with Crippen molar-refractivity contribution in [3.63, 3.8) is 0 Å². The zero-order valence-corrected chi connectivity index (χ0v) is 18.7. The normalized spacial score (nSPS) is 19.1. The average Bonchev–Trinajstić information content (AvgIpc) is 3.20. The van der Waals surface area contributed by atoms with Gasteiger partial charge in [0.25, 0.3) is 0 Å². The van der Waals surface area contributed by atoms with E-state index in [4.69, 9.17) is 9.68 Å². The highest BCUT2D eigenvalue weighted by Crippen LogP contribution is 2.29. The summed E-state index contributed by atoms with van der Waals surface area (Å²) in [4.78, 5) is 31.8. The molecule has 0 N–H and O–H groups in total. The molecule has 1 unspecified atom stereocenters. The largest absolute Gasteiger partial charge is 0.461 e. The lowest BCUT2D eigenvalue weighted by atomic mass is 10.0. The highest BCUT2D eigenvalue weighted by atomic mass is 16.3. The maximum Gasteiger partial charge on any atom is 0.247 e. The Morgan fingerprint density at radius 1 is 1.06 bits per heavy atom. The highest BCUT2D eigenvalue weighted by Gasteiger charge is 2.42. The number of piperazine rings is 2. The Morgan fingerprint density at radius 3 is 2.61 bits per heavy atom. The number of hydrogen-bond donors (Lipinski definition) is 0. The summed E-state index contributed by atoms with van der Waals surface area (Å²) in [7, 11) is 0. The van der Waals surface area contributed by atoms with Crippen molar-refractivity contribution in [2.24, 2.45) is 0 Å². The van der Waals surface area contributed by atoms with E-state index in [0.29, 0.717) is 31.7 Å². The Balaban J connectivity index is 1.33. The molecule has 1 atom stereocenters. The number of fused-ring (bicyclic) bond motifs is 2. The number of carbonyl (C=O) groups excluding carboxylic acids is 2. The van der Waals surface area contributed by atoms with Crippen LogP contribution in [0.3, 0.4) is 0 Å². The van der Waals surface area contributed by atoms with Gasteiger partial charge in [0.2, 0.25) is 11.8 Å². The second-order valence-electron chi connectivity index (χ2n) is 8.69. The lowest BCUT2D eigenvalue weighted by molar-refractivity contribution is -0.160. The van der Waals surface area contributed by atoms with Crippen molar-refractivity contribution in [2.45, 2.75) is 32.5 Å². The van der Waals surface area contributed by atoms with Crippen molar-refractivity contribution in [3.8, 4) is 6.07 Å². The second-order valence-corrected chi connectivity index (χ2v) is 8.69. The maximum atomic E-state index is 13.4. The van der Waals surface area contributed by atoms with Gasteiger partial charge >= 0.3 is 0 Å². The van der Waals surface area contributed by atoms with Gasteiger partial charge in [-0.1, -0.05) is 37.3 Å². The monoisotopic (exact) mass is 442 g/mol. The molecule has 3 aromatic rings. The van der Waals surface area contributed by atoms with Gasteiger partial charge in [0, 0.05) is 50.1 Å². The predicted molar refractivity (Wildman–Crippen MR) is 123 cm³/mol. The molecule has 0 saturated carbocycles. The molecule has 2 saturated heterocycles. The zero-order valence-electron chi connectivity index (χ0n) is 18.7. The minimum atomic E-state index is -0.471. The van der Waals surface area contributed by atoms with Crippen LogP contribution in [0.4, 0.5) is 0 Å². The summed E-state index contributed by atoms with van der Waals surface area (Å²) in [5, 5.41) is 10.1. The number of carbonyl (C=O) groups is 2. The van der Waals surface area contributed by atoms with Crippen LogP contribution in [-0.2, 0) is 29.1 Å². The van der Waals surface area contributed by atoms with Crippen molar-refractivity contribution in [2.75, 3.05) is 26.2 Å². The Morgan fingerprint density at radius 2 is 1.85 bits per heavy atom. The molecule has 2 amide bonds. The maximum absolute atomic E-state index is 13.4. The van der Waals surface area contributed by atoms with E-state index in [1.54, 1.807) is 21.9 Å². The third-order valence-corrected chi connectivity index (χ3v) is 6.65. The first-order chi connectivity index (χ1) is 16.1. The Bertz CT molecular complexity index is 1240. The minimum Gasteiger partial charge on any atom is -0.461 e. The average molecular weight is 443 g/mol. The SMILES string of the molecule is CCc1oc2ccccc2c1CN1CCN2C(=O)CN(Cc3ccc(C#N)cc3)C(=O)C2C1. The molecule has 33 heavy (non-hydrogen) atoms. The first-order valence-electron chi connectivity index (χ1n) is 11.4. The molecule has 2 aliphatic heterocycles. The van der Waals surface area contributed by atoms with E-state index in [1.807, 2.05) is 30.3 Å². The van der Waals surface area contributed by atoms with Gasteiger partial charge in [0.15, 0.2) is 0 Å². The number of rotatable bonds is 5. The van der Waals surface area contributed by atoms with Crippen molar-refractivity contribution >= 4 is 22.8 Å². The predicted octanol–water partition coefficient (Wildman–Crippen LogP) is 2.92. The summed E-state index contributed by atoms with van der Waals surface area (Å²) in [5.41, 5.74) is 3.55. The van der Waals surface area contributed by atoms with E-state index >= 15 is 0 Å². The molecule has 2 aromatic carbocycles. The Labute approximate surface area is 192 Å². The summed E-state index contributed by atoms with van der Waals surface area (Å²) in [6.45, 7) is 5.04. The van der Waals surface area contributed by atoms with E-state index < -0.39 is 6.04 Å². The lowest BCUT2D eigenvalue weighted by Gasteiger charge is -2.46. The van der Waals surface area contributed by atoms with Crippen LogP contribution in [0.1, 0.15) is 29.4 Å². The summed E-state index contributed by atoms with van der Waals surface area (Å²) < 4.78 is 6.05. The number of nitrogens with zero attached hydrogens (tertiary/aromatic N) is 4. The summed E-state index contributed by atoms with van der Waals surface area (Å²) in [6.07, 6.45) is 0.809. The molecule has 2 aliphatic rings. The smallest absolute Gasteiger partial charge is 0.247 e. The van der Waals surface area contributed by atoms with E-state index in [2.05, 4.69) is 24.0 Å². The third kappa shape index (κ3) is 3.98. The van der Waals surface area contributed by atoms with Crippen LogP contribution in [0, 0.1) is 11.3 Å². The fraction of sp³-hybridized carbons (Fsp3) is 0.346. The molecule has 2 fully saturated rings. The quantitative estimate of drug-likeness (QED) is 0.607. The second kappa shape index (κ2) is 8.72. The number of nitriles is 1. The van der Waals surface area contributed by atoms with Gasteiger partial charge in [-0.2, -0.15) is 5.26 Å². The van der Waals surface area contributed by atoms with Crippen LogP contribution in [0.2, 0.25) is 0 Å². The molecular formula is C26H26N4O3. The van der Waals surface area contributed by atoms with Gasteiger partial charge in [0.1, 0.15) is 23.9 Å². The fourth-order valence-corrected chi connectivity index (χ4v) is 4.91. The van der Waals surface area contributed by atoms with Crippen molar-refractivity contribution < 1.29 is 14.0 Å². The van der Waals surface area contributed by atoms with Crippen LogP contribution in [0.25, 0.3) is 11.0 Å². The van der Waals surface area contributed by atoms with Gasteiger partial charge in [-0.05, 0) is 23.8 Å². The number of para-hydroxylation sites is 1. The van der Waals surface area contributed by atoms with Gasteiger partial charge in [0.05, 0.1) is 11.6 Å². The summed E-state index contributed by atoms with van der Waals surface area (Å²) in [6, 6.07) is 16.8. The van der Waals surface area contributed by atoms with E-state index in [0.717, 1.165) is 35.3 Å². The van der Waals surface area contributed by atoms with Crippen molar-refractivity contribution in [1.29, 1.82) is 5.26 Å². The summed E-state index contributed by atoms with van der Waals surface area (Å²) >= 11 is 0. The Hall–Kier alpha value is -3.63. The van der Waals surface area contributed by atoms with Crippen LogP contribution in [-0.4, -0.2) is 58.7 Å². The van der Waals surface area contributed by atoms with Crippen LogP contribution < -0.4 is 0 Å². The first kappa shape index (κ1) is 21.2. The molecule has 0 spiro atoms. The van der Waals surface area contributed by atoms with Crippen molar-refractivity contribution in [1.82, 2.24) is 14.7 Å². The third-order valence-electron chi connectivity index (χ3n) is 6.65. The molecule has 0 aliphatic carbocycles. The fourth-order valence-electron chi connectivity index (χ4n) is 4.91. The molecule has 7 heteroatoms. The zero-order chi connectivity index (χ0) is 22.9. The molecule has 168 valence electrons. The van der Waals surface area contributed by atoms with E-state index in [9.17, 15) is 9.59 Å². The van der Waals surface area contributed by atoms with Crippen molar-refractivity contribution in [3.05, 3.63) is 71.0 Å². The molecule has 0 bridgehead atoms. The molecule has 1 aromatic heterocycles. The number of aryl methyl sites for hydroxylation is 1. The van der Waals surface area contributed by atoms with Crippen LogP contribution in [0.5, 0.6) is 0 Å². The van der Waals surface area contributed by atoms with Gasteiger partial charge in [-0.25, -0.2) is 0 Å². The van der Waals surface area contributed by atoms with Gasteiger partial charge < -0.3 is 14.2 Å². The van der Waals surface area contributed by atoms with Gasteiger partial charge in [-0.3, -0.25) is 14.5 Å². The highest BCUT2D eigenvalue weighted by molar-refractivity contribution is 5.95. The van der Waals surface area contributed by atoms with Gasteiger partial charge in [-0.15, -0.1) is 0 Å². The lowest BCUT2D eigenvalue weighted by Crippen LogP contribution is -2.66. The molecule has 0 radical (unpaired) electrons. The van der Waals surface area contributed by atoms with Crippen LogP contribution in [0.15, 0.2) is 52.9 Å². The molecule has 5 rings (SSSR count). The Kier molecular flexibility index (Phi) is 5.61. The number of hydrogen-bond acceptors (Lipinski definition) is 5. The standard InChI is InChI=1S/C26H26N4O3/c1-2-23-21(20-5-3-4-6-24(20)33-23)15-28-11-12-30-22(16-28)26(32)29(17-25(30)31)14-19-9-7-18(13-27)8-10-19/h3-10,22H,2,11-12,14-17H2,1H3. The minimum absolute atomic E-state index is 0.00379. The van der Waals surface area contributed by atoms with Crippen LogP contribution >= 0.6 is 0 Å². The molecule has 3 heterocycles. The summed E-state index contributed by atoms with van der Waals surface area (Å²) in [5.74, 6) is 0.958. The molecule has 7 nitrogen and oxygen atoms in total. The number of amides is 2. The molecular weight excluding hydrogens is 416 g/mol. The number of furan rings is 1.